The van der Waals surface area contributed by atoms with Gasteiger partial charge in [0.2, 0.25) is 15.9 Å². The molecule has 0 unspecified atom stereocenters. The number of aromatic carboxylic acids is 1. The molecule has 1 aliphatic rings. The summed E-state index contributed by atoms with van der Waals surface area (Å²) in [7, 11) is -3.54. The molecule has 0 bridgehead atoms. The minimum Gasteiger partial charge on any atom is -0.545 e. The van der Waals surface area contributed by atoms with E-state index in [1.165, 1.54) is 28.6 Å². The number of carbonyl (C=O) groups is 2. The van der Waals surface area contributed by atoms with E-state index in [4.69, 9.17) is 0 Å². The molecular weight excluding hydrogens is 368 g/mol. The number of carboxylic acid groups (broad SMARTS) is 1. The fourth-order valence-electron chi connectivity index (χ4n) is 3.03. The number of carbonyl (C=O) groups excluding carboxylic acids is 2. The van der Waals surface area contributed by atoms with E-state index in [9.17, 15) is 23.1 Å². The summed E-state index contributed by atoms with van der Waals surface area (Å²) in [5.41, 5.74) is 0.525. The summed E-state index contributed by atoms with van der Waals surface area (Å²) in [5.74, 6) is -1.78. The van der Waals surface area contributed by atoms with Gasteiger partial charge in [-0.25, -0.2) is 8.42 Å². The van der Waals surface area contributed by atoms with Gasteiger partial charge in [0.1, 0.15) is 0 Å². The van der Waals surface area contributed by atoms with Crippen LogP contribution in [0.25, 0.3) is 0 Å². The van der Waals surface area contributed by atoms with E-state index in [1.807, 2.05) is 0 Å². The lowest BCUT2D eigenvalue weighted by molar-refractivity contribution is -0.255. The van der Waals surface area contributed by atoms with Gasteiger partial charge < -0.3 is 15.2 Å². The average molecular weight is 387 g/mol. The lowest BCUT2D eigenvalue weighted by Gasteiger charge is -2.30. The number of sulfonamides is 1. The van der Waals surface area contributed by atoms with Crippen molar-refractivity contribution < 1.29 is 23.1 Å². The van der Waals surface area contributed by atoms with E-state index >= 15 is 0 Å². The number of benzene rings is 2. The van der Waals surface area contributed by atoms with Crippen molar-refractivity contribution in [3.63, 3.8) is 0 Å². The quantitative estimate of drug-likeness (QED) is 0.826. The number of anilines is 1. The zero-order chi connectivity index (χ0) is 19.4. The van der Waals surface area contributed by atoms with E-state index in [0.717, 1.165) is 0 Å². The van der Waals surface area contributed by atoms with Crippen LogP contribution in [0.4, 0.5) is 5.69 Å². The van der Waals surface area contributed by atoms with Gasteiger partial charge in [-0.15, -0.1) is 0 Å². The average Bonchev–Trinajstić information content (AvgIpc) is 2.69. The molecule has 0 aromatic heterocycles. The summed E-state index contributed by atoms with van der Waals surface area (Å²) in [6.45, 7) is 0.553. The number of carboxylic acids is 1. The van der Waals surface area contributed by atoms with E-state index in [2.05, 4.69) is 5.32 Å². The fourth-order valence-corrected chi connectivity index (χ4v) is 4.52. The largest absolute Gasteiger partial charge is 0.545 e. The molecule has 8 heteroatoms. The van der Waals surface area contributed by atoms with Crippen LogP contribution in [-0.2, 0) is 14.8 Å². The van der Waals surface area contributed by atoms with Crippen LogP contribution < -0.4 is 10.4 Å². The zero-order valence-electron chi connectivity index (χ0n) is 14.5. The molecule has 0 atom stereocenters. The third-order valence-corrected chi connectivity index (χ3v) is 6.51. The number of nitrogens with zero attached hydrogens (tertiary/aromatic N) is 1. The van der Waals surface area contributed by atoms with Crippen LogP contribution in [0.5, 0.6) is 0 Å². The van der Waals surface area contributed by atoms with E-state index in [0.29, 0.717) is 18.5 Å². The summed E-state index contributed by atoms with van der Waals surface area (Å²) in [5, 5.41) is 13.5. The van der Waals surface area contributed by atoms with Gasteiger partial charge in [0.05, 0.1) is 10.9 Å². The Morgan fingerprint density at radius 2 is 1.56 bits per heavy atom. The van der Waals surface area contributed by atoms with Crippen LogP contribution in [-0.4, -0.2) is 37.7 Å². The Morgan fingerprint density at radius 1 is 0.963 bits per heavy atom. The highest BCUT2D eigenvalue weighted by molar-refractivity contribution is 7.89. The van der Waals surface area contributed by atoms with E-state index in [-0.39, 0.29) is 35.4 Å². The minimum atomic E-state index is -3.54. The zero-order valence-corrected chi connectivity index (χ0v) is 15.3. The molecule has 1 fully saturated rings. The summed E-state index contributed by atoms with van der Waals surface area (Å²) in [4.78, 5) is 23.4. The first-order valence-electron chi connectivity index (χ1n) is 8.55. The topological polar surface area (TPSA) is 107 Å². The summed E-state index contributed by atoms with van der Waals surface area (Å²) in [6, 6.07) is 14.0. The molecule has 2 aromatic carbocycles. The molecule has 1 saturated heterocycles. The first-order valence-corrected chi connectivity index (χ1v) is 9.99. The van der Waals surface area contributed by atoms with Gasteiger partial charge in [-0.05, 0) is 42.7 Å². The van der Waals surface area contributed by atoms with Gasteiger partial charge in [0, 0.05) is 24.7 Å². The van der Waals surface area contributed by atoms with Crippen LogP contribution in [0.2, 0.25) is 0 Å². The van der Waals surface area contributed by atoms with Crippen LogP contribution in [0, 0.1) is 5.92 Å². The van der Waals surface area contributed by atoms with E-state index in [1.54, 1.807) is 30.3 Å². The van der Waals surface area contributed by atoms with E-state index < -0.39 is 16.0 Å². The van der Waals surface area contributed by atoms with Gasteiger partial charge in [-0.1, -0.05) is 30.3 Å². The highest BCUT2D eigenvalue weighted by atomic mass is 32.2. The molecule has 0 saturated carbocycles. The third kappa shape index (κ3) is 4.35. The maximum Gasteiger partial charge on any atom is 0.243 e. The lowest BCUT2D eigenvalue weighted by Crippen LogP contribution is -2.41. The highest BCUT2D eigenvalue weighted by Gasteiger charge is 2.31. The summed E-state index contributed by atoms with van der Waals surface area (Å²) < 4.78 is 26.6. The number of nitrogens with one attached hydrogen (secondary N) is 1. The van der Waals surface area contributed by atoms with Gasteiger partial charge in [-0.2, -0.15) is 4.31 Å². The Bertz CT molecular complexity index is 918. The highest BCUT2D eigenvalue weighted by Crippen LogP contribution is 2.24. The van der Waals surface area contributed by atoms with Crippen LogP contribution in [0.1, 0.15) is 23.2 Å². The Balaban J connectivity index is 1.58. The van der Waals surface area contributed by atoms with Gasteiger partial charge in [0.15, 0.2) is 0 Å². The van der Waals surface area contributed by atoms with Crippen molar-refractivity contribution in [3.05, 3.63) is 60.2 Å². The monoisotopic (exact) mass is 387 g/mol. The third-order valence-electron chi connectivity index (χ3n) is 4.59. The number of rotatable bonds is 5. The lowest BCUT2D eigenvalue weighted by atomic mass is 9.97. The summed E-state index contributed by atoms with van der Waals surface area (Å²) in [6.07, 6.45) is 0.851. The minimum absolute atomic E-state index is 0.0347. The Hall–Kier alpha value is -2.71. The smallest absolute Gasteiger partial charge is 0.243 e. The van der Waals surface area contributed by atoms with Crippen molar-refractivity contribution in [2.24, 2.45) is 5.92 Å². The second kappa shape index (κ2) is 7.89. The molecule has 0 spiro atoms. The number of hydrogen-bond acceptors (Lipinski definition) is 5. The van der Waals surface area contributed by atoms with Crippen molar-refractivity contribution in [2.45, 2.75) is 17.7 Å². The van der Waals surface area contributed by atoms with Crippen molar-refractivity contribution in [2.75, 3.05) is 18.4 Å². The molecule has 27 heavy (non-hydrogen) atoms. The van der Waals surface area contributed by atoms with Crippen LogP contribution in [0.15, 0.2) is 59.5 Å². The van der Waals surface area contributed by atoms with Crippen molar-refractivity contribution in [3.8, 4) is 0 Å². The molecule has 1 heterocycles. The molecule has 7 nitrogen and oxygen atoms in total. The Labute approximate surface area is 157 Å². The molecule has 2 aromatic rings. The standard InChI is InChI=1S/C19H20N2O5S/c22-18(20-16-8-6-15(7-9-16)19(23)24)14-10-12-21(13-11-14)27(25,26)17-4-2-1-3-5-17/h1-9,14H,10-13H2,(H,20,22)(H,23,24)/p-1. The second-order valence-electron chi connectivity index (χ2n) is 6.35. The normalized spacial score (nSPS) is 16.0. The molecule has 0 aliphatic carbocycles. The number of piperidine rings is 1. The Morgan fingerprint density at radius 3 is 2.11 bits per heavy atom. The van der Waals surface area contributed by atoms with Crippen molar-refractivity contribution >= 4 is 27.6 Å². The second-order valence-corrected chi connectivity index (χ2v) is 8.28. The first-order chi connectivity index (χ1) is 12.9. The number of hydrogen-bond donors (Lipinski definition) is 1. The van der Waals surface area contributed by atoms with Gasteiger partial charge in [0.25, 0.3) is 0 Å². The maximum atomic E-state index is 12.6. The first kappa shape index (κ1) is 19.1. The molecule has 3 rings (SSSR count). The SMILES string of the molecule is O=C([O-])c1ccc(NC(=O)C2CCN(S(=O)(=O)c3ccccc3)CC2)cc1. The van der Waals surface area contributed by atoms with Gasteiger partial charge in [-0.3, -0.25) is 4.79 Å². The fraction of sp³-hybridized carbons (Fsp3) is 0.263. The Kier molecular flexibility index (Phi) is 5.57. The molecule has 1 N–H and O–H groups in total. The predicted octanol–water partition coefficient (Wildman–Crippen LogP) is 1.09. The van der Waals surface area contributed by atoms with Crippen molar-refractivity contribution in [1.29, 1.82) is 0 Å². The molecule has 142 valence electrons. The number of amides is 1. The predicted molar refractivity (Wildman–Crippen MR) is 97.3 cm³/mol. The summed E-state index contributed by atoms with van der Waals surface area (Å²) >= 11 is 0. The van der Waals surface area contributed by atoms with Crippen molar-refractivity contribution in [1.82, 2.24) is 4.31 Å². The molecular formula is C19H19N2O5S-. The van der Waals surface area contributed by atoms with Crippen LogP contribution in [0.3, 0.4) is 0 Å². The van der Waals surface area contributed by atoms with Gasteiger partial charge >= 0.3 is 0 Å². The molecule has 0 radical (unpaired) electrons. The molecule has 1 aliphatic heterocycles. The maximum absolute atomic E-state index is 12.6. The molecule has 1 amide bonds. The van der Waals surface area contributed by atoms with Crippen LogP contribution >= 0.6 is 0 Å².